The van der Waals surface area contributed by atoms with E-state index in [4.69, 9.17) is 5.26 Å². The minimum atomic E-state index is 0. The zero-order valence-electron chi connectivity index (χ0n) is 6.27. The third kappa shape index (κ3) is 15.8. The zero-order valence-corrected chi connectivity index (χ0v) is 10.8. The molecule has 3 heteroatoms. The van der Waals surface area contributed by atoms with Crippen LogP contribution in [0.2, 0.25) is 0 Å². The first-order valence-electron chi connectivity index (χ1n) is 3.08. The zero-order chi connectivity index (χ0) is 6.24. The van der Waals surface area contributed by atoms with Gasteiger partial charge in [0.25, 0.3) is 0 Å². The van der Waals surface area contributed by atoms with Crippen molar-refractivity contribution >= 4 is 0 Å². The summed E-state index contributed by atoms with van der Waals surface area (Å²) in [5.41, 5.74) is 0. The summed E-state index contributed by atoms with van der Waals surface area (Å²) in [6.07, 6.45) is 5.09. The summed E-state index contributed by atoms with van der Waals surface area (Å²) in [7, 11) is 0. The van der Waals surface area contributed by atoms with Gasteiger partial charge < -0.3 is 23.9 Å². The van der Waals surface area contributed by atoms with Gasteiger partial charge in [-0.1, -0.05) is 12.8 Å². The minimum Gasteiger partial charge on any atom is -1.00 e. The molecule has 0 aliphatic carbocycles. The van der Waals surface area contributed by atoms with E-state index in [1.165, 1.54) is 6.42 Å². The summed E-state index contributed by atoms with van der Waals surface area (Å²) in [4.78, 5) is 0. The van der Waals surface area contributed by atoms with Gasteiger partial charge in [-0.2, -0.15) is 11.7 Å². The number of nitrogens with zero attached hydrogens (tertiary/aromatic N) is 1. The van der Waals surface area contributed by atoms with Crippen molar-refractivity contribution in [1.29, 1.82) is 5.26 Å². The first-order valence-corrected chi connectivity index (χ1v) is 3.08. The number of rotatable bonds is 4. The second-order valence-corrected chi connectivity index (χ2v) is 1.82. The van der Waals surface area contributed by atoms with Gasteiger partial charge >= 0.3 is 19.5 Å². The second-order valence-electron chi connectivity index (χ2n) is 1.82. The molecule has 0 bridgehead atoms. The van der Waals surface area contributed by atoms with Gasteiger partial charge in [0.2, 0.25) is 0 Å². The van der Waals surface area contributed by atoms with E-state index in [1.54, 1.807) is 0 Å². The maximum Gasteiger partial charge on any atom is 2.00 e. The molecule has 0 N–H and O–H groups in total. The summed E-state index contributed by atoms with van der Waals surface area (Å²) in [5.74, 6) is 0. The molecule has 10 heavy (non-hydrogen) atoms. The van der Waals surface area contributed by atoms with Crippen LogP contribution in [-0.2, 0) is 19.5 Å². The molecule has 0 aromatic heterocycles. The van der Waals surface area contributed by atoms with E-state index < -0.39 is 0 Å². The third-order valence-corrected chi connectivity index (χ3v) is 1.04. The predicted molar refractivity (Wildman–Crippen MR) is 34.1 cm³/mol. The SMILES string of the molecule is [Br-].[CH2-]CCCCCC#N.[Zn+2]. The molecule has 0 radical (unpaired) electrons. The van der Waals surface area contributed by atoms with Crippen LogP contribution in [-0.4, -0.2) is 0 Å². The Hall–Kier alpha value is 0.593. The topological polar surface area (TPSA) is 23.8 Å². The van der Waals surface area contributed by atoms with Crippen LogP contribution in [0.4, 0.5) is 0 Å². The van der Waals surface area contributed by atoms with Gasteiger partial charge in [0.05, 0.1) is 6.07 Å². The Kier molecular flexibility index (Phi) is 27.6. The van der Waals surface area contributed by atoms with E-state index in [0.29, 0.717) is 6.42 Å². The molecular formula is C7H12BrNZn. The predicted octanol–water partition coefficient (Wildman–Crippen LogP) is -0.704. The van der Waals surface area contributed by atoms with Crippen LogP contribution in [0.25, 0.3) is 0 Å². The van der Waals surface area contributed by atoms with Gasteiger partial charge in [-0.3, -0.25) is 0 Å². The molecule has 0 spiro atoms. The molecule has 0 unspecified atom stereocenters. The van der Waals surface area contributed by atoms with Crippen molar-refractivity contribution in [3.63, 3.8) is 0 Å². The molecule has 54 valence electrons. The van der Waals surface area contributed by atoms with Crippen molar-refractivity contribution in [3.05, 3.63) is 6.92 Å². The Morgan fingerprint density at radius 2 is 1.80 bits per heavy atom. The summed E-state index contributed by atoms with van der Waals surface area (Å²) < 4.78 is 0. The molecule has 1 nitrogen and oxygen atoms in total. The van der Waals surface area contributed by atoms with Crippen molar-refractivity contribution < 1.29 is 36.5 Å². The summed E-state index contributed by atoms with van der Waals surface area (Å²) in [6, 6.07) is 2.11. The van der Waals surface area contributed by atoms with E-state index in [9.17, 15) is 0 Å². The van der Waals surface area contributed by atoms with Crippen molar-refractivity contribution in [3.8, 4) is 6.07 Å². The number of hydrogen-bond acceptors (Lipinski definition) is 1. The molecule has 0 saturated heterocycles. The van der Waals surface area contributed by atoms with Crippen LogP contribution in [0.1, 0.15) is 32.1 Å². The van der Waals surface area contributed by atoms with Gasteiger partial charge in [-0.25, -0.2) is 0 Å². The maximum absolute atomic E-state index is 8.10. The molecule has 0 aliphatic heterocycles. The average molecular weight is 255 g/mol. The van der Waals surface area contributed by atoms with E-state index in [0.717, 1.165) is 19.3 Å². The first kappa shape index (κ1) is 16.9. The average Bonchev–Trinajstić information content (AvgIpc) is 1.81. The normalized spacial score (nSPS) is 6.80. The van der Waals surface area contributed by atoms with Crippen LogP contribution in [0.3, 0.4) is 0 Å². The first-order chi connectivity index (χ1) is 3.91. The molecule has 0 saturated carbocycles. The molecule has 0 aromatic rings. The van der Waals surface area contributed by atoms with Crippen LogP contribution in [0, 0.1) is 18.3 Å². The molecule has 0 fully saturated rings. The Bertz CT molecular complexity index is 80.2. The Morgan fingerprint density at radius 1 is 1.20 bits per heavy atom. The van der Waals surface area contributed by atoms with Crippen molar-refractivity contribution in [1.82, 2.24) is 0 Å². The molecule has 0 aliphatic rings. The largest absolute Gasteiger partial charge is 2.00 e. The molecule has 0 aromatic carbocycles. The molecule has 0 heterocycles. The number of halogens is 1. The monoisotopic (exact) mass is 253 g/mol. The van der Waals surface area contributed by atoms with Gasteiger partial charge in [0.1, 0.15) is 0 Å². The Labute approximate surface area is 86.7 Å². The molecule has 0 atom stereocenters. The van der Waals surface area contributed by atoms with Crippen LogP contribution >= 0.6 is 0 Å². The van der Waals surface area contributed by atoms with Crippen LogP contribution in [0.15, 0.2) is 0 Å². The van der Waals surface area contributed by atoms with Crippen molar-refractivity contribution in [2.24, 2.45) is 0 Å². The van der Waals surface area contributed by atoms with Crippen molar-refractivity contribution in [2.45, 2.75) is 32.1 Å². The van der Waals surface area contributed by atoms with Gasteiger partial charge in [0, 0.05) is 6.42 Å². The van der Waals surface area contributed by atoms with Gasteiger partial charge in [-0.05, 0) is 6.42 Å². The fraction of sp³-hybridized carbons (Fsp3) is 0.714. The van der Waals surface area contributed by atoms with Crippen molar-refractivity contribution in [2.75, 3.05) is 0 Å². The quantitative estimate of drug-likeness (QED) is 0.370. The van der Waals surface area contributed by atoms with E-state index >= 15 is 0 Å². The summed E-state index contributed by atoms with van der Waals surface area (Å²) in [5, 5.41) is 8.10. The molecular weight excluding hydrogens is 243 g/mol. The standard InChI is InChI=1S/C7H12N.BrH.Zn/c1-2-3-4-5-6-7-8;;/h1-6H2;1H;/q-1;;+2/p-1. The van der Waals surface area contributed by atoms with Crippen LogP contribution < -0.4 is 17.0 Å². The van der Waals surface area contributed by atoms with E-state index in [2.05, 4.69) is 13.0 Å². The van der Waals surface area contributed by atoms with Gasteiger partial charge in [0.15, 0.2) is 0 Å². The van der Waals surface area contributed by atoms with Gasteiger partial charge in [-0.15, -0.1) is 0 Å². The maximum atomic E-state index is 8.10. The fourth-order valence-electron chi connectivity index (χ4n) is 0.558. The van der Waals surface area contributed by atoms with E-state index in [-0.39, 0.29) is 36.5 Å². The smallest absolute Gasteiger partial charge is 1.00 e. The fourth-order valence-corrected chi connectivity index (χ4v) is 0.558. The van der Waals surface area contributed by atoms with E-state index in [1.807, 2.05) is 0 Å². The molecule has 0 rings (SSSR count). The molecule has 0 amide bonds. The number of nitriles is 1. The Balaban J connectivity index is -0.000000245. The number of unbranched alkanes of at least 4 members (excludes halogenated alkanes) is 4. The third-order valence-electron chi connectivity index (χ3n) is 1.04. The Morgan fingerprint density at radius 3 is 2.20 bits per heavy atom. The minimum absolute atomic E-state index is 0. The second kappa shape index (κ2) is 16.3. The van der Waals surface area contributed by atoms with Crippen LogP contribution in [0.5, 0.6) is 0 Å². The summed E-state index contributed by atoms with van der Waals surface area (Å²) in [6.45, 7) is 3.70. The number of hydrogen-bond donors (Lipinski definition) is 0. The summed E-state index contributed by atoms with van der Waals surface area (Å²) >= 11 is 0.